The molecule has 20 heavy (non-hydrogen) atoms. The van der Waals surface area contributed by atoms with Gasteiger partial charge in [-0.05, 0) is 12.1 Å². The average Bonchev–Trinajstić information content (AvgIpc) is 2.92. The molecule has 0 radical (unpaired) electrons. The maximum Gasteiger partial charge on any atom is 0.181 e. The maximum absolute atomic E-state index is 5.73. The van der Waals surface area contributed by atoms with E-state index in [1.165, 1.54) is 6.39 Å². The lowest BCUT2D eigenvalue weighted by Gasteiger charge is -2.20. The minimum atomic E-state index is 0.392. The van der Waals surface area contributed by atoms with E-state index in [0.717, 1.165) is 28.5 Å². The molecule has 0 spiro atoms. The molecule has 5 heteroatoms. The molecular formula is C15H18N2O3. The maximum atomic E-state index is 5.73. The van der Waals surface area contributed by atoms with Crippen LogP contribution in [-0.4, -0.2) is 24.2 Å². The van der Waals surface area contributed by atoms with Crippen LogP contribution < -0.4 is 14.8 Å². The van der Waals surface area contributed by atoms with Gasteiger partial charge in [-0.25, -0.2) is 4.98 Å². The second-order valence-electron chi connectivity index (χ2n) is 4.99. The third kappa shape index (κ3) is 2.49. The predicted molar refractivity (Wildman–Crippen MR) is 74.9 cm³/mol. The predicted octanol–water partition coefficient (Wildman–Crippen LogP) is 2.61. The summed E-state index contributed by atoms with van der Waals surface area (Å²) in [4.78, 5) is 4.29. The molecular weight excluding hydrogens is 256 g/mol. The third-order valence-corrected chi connectivity index (χ3v) is 3.13. The molecule has 0 atom stereocenters. The van der Waals surface area contributed by atoms with E-state index in [4.69, 9.17) is 13.9 Å². The highest BCUT2D eigenvalue weighted by molar-refractivity contribution is 5.71. The lowest BCUT2D eigenvalue weighted by molar-refractivity contribution is 0.172. The van der Waals surface area contributed by atoms with Gasteiger partial charge in [-0.3, -0.25) is 0 Å². The van der Waals surface area contributed by atoms with Crippen molar-refractivity contribution < 1.29 is 13.9 Å². The molecule has 106 valence electrons. The van der Waals surface area contributed by atoms with Crippen molar-refractivity contribution in [2.75, 3.05) is 13.2 Å². The van der Waals surface area contributed by atoms with Crippen LogP contribution in [0, 0.1) is 0 Å². The molecule has 0 fully saturated rings. The molecule has 1 aliphatic heterocycles. The van der Waals surface area contributed by atoms with Crippen molar-refractivity contribution in [1.82, 2.24) is 10.3 Å². The highest BCUT2D eigenvalue weighted by atomic mass is 16.6. The van der Waals surface area contributed by atoms with E-state index in [2.05, 4.69) is 24.1 Å². The van der Waals surface area contributed by atoms with Gasteiger partial charge in [-0.2, -0.15) is 0 Å². The summed E-state index contributed by atoms with van der Waals surface area (Å²) in [6, 6.07) is 6.20. The monoisotopic (exact) mass is 274 g/mol. The third-order valence-electron chi connectivity index (χ3n) is 3.13. The van der Waals surface area contributed by atoms with Crippen LogP contribution >= 0.6 is 0 Å². The SMILES string of the molecule is CC(C)NCc1ncoc1-c1cccc2c1OCCO2. The highest BCUT2D eigenvalue weighted by Crippen LogP contribution is 2.40. The first-order valence-corrected chi connectivity index (χ1v) is 6.80. The second kappa shape index (κ2) is 5.54. The summed E-state index contributed by atoms with van der Waals surface area (Å²) in [5.74, 6) is 2.23. The Morgan fingerprint density at radius 2 is 2.10 bits per heavy atom. The number of nitrogens with zero attached hydrogens (tertiary/aromatic N) is 1. The van der Waals surface area contributed by atoms with Gasteiger partial charge >= 0.3 is 0 Å². The van der Waals surface area contributed by atoms with E-state index in [-0.39, 0.29) is 0 Å². The first-order valence-electron chi connectivity index (χ1n) is 6.80. The van der Waals surface area contributed by atoms with Crippen molar-refractivity contribution in [3.05, 3.63) is 30.3 Å². The minimum Gasteiger partial charge on any atom is -0.486 e. The summed E-state index contributed by atoms with van der Waals surface area (Å²) < 4.78 is 16.9. The number of oxazole rings is 1. The lowest BCUT2D eigenvalue weighted by atomic mass is 10.1. The number of hydrogen-bond acceptors (Lipinski definition) is 5. The summed E-state index contributed by atoms with van der Waals surface area (Å²) in [5.41, 5.74) is 1.77. The average molecular weight is 274 g/mol. The normalized spacial score (nSPS) is 13.8. The molecule has 0 unspecified atom stereocenters. The highest BCUT2D eigenvalue weighted by Gasteiger charge is 2.21. The molecule has 1 aromatic carbocycles. The minimum absolute atomic E-state index is 0.392. The number of nitrogens with one attached hydrogen (secondary N) is 1. The number of benzene rings is 1. The zero-order valence-corrected chi connectivity index (χ0v) is 11.7. The summed E-state index contributed by atoms with van der Waals surface area (Å²) in [5, 5.41) is 3.34. The van der Waals surface area contributed by atoms with E-state index < -0.39 is 0 Å². The van der Waals surface area contributed by atoms with Crippen LogP contribution in [-0.2, 0) is 6.54 Å². The summed E-state index contributed by atoms with van der Waals surface area (Å²) in [7, 11) is 0. The Balaban J connectivity index is 1.95. The van der Waals surface area contributed by atoms with E-state index in [9.17, 15) is 0 Å². The molecule has 3 rings (SSSR count). The van der Waals surface area contributed by atoms with E-state index in [1.807, 2.05) is 18.2 Å². The smallest absolute Gasteiger partial charge is 0.181 e. The van der Waals surface area contributed by atoms with Gasteiger partial charge in [0.05, 0.1) is 5.56 Å². The quantitative estimate of drug-likeness (QED) is 0.928. The van der Waals surface area contributed by atoms with Crippen molar-refractivity contribution >= 4 is 0 Å². The zero-order chi connectivity index (χ0) is 13.9. The van der Waals surface area contributed by atoms with Gasteiger partial charge in [-0.15, -0.1) is 0 Å². The van der Waals surface area contributed by atoms with Crippen molar-refractivity contribution in [1.29, 1.82) is 0 Å². The molecule has 0 amide bonds. The fraction of sp³-hybridized carbons (Fsp3) is 0.400. The zero-order valence-electron chi connectivity index (χ0n) is 11.7. The van der Waals surface area contributed by atoms with Crippen LogP contribution in [0.4, 0.5) is 0 Å². The Hall–Kier alpha value is -2.01. The topological polar surface area (TPSA) is 56.5 Å². The number of ether oxygens (including phenoxy) is 2. The number of rotatable bonds is 4. The Morgan fingerprint density at radius 3 is 2.95 bits per heavy atom. The molecule has 0 aliphatic carbocycles. The Morgan fingerprint density at radius 1 is 1.25 bits per heavy atom. The van der Waals surface area contributed by atoms with Crippen molar-refractivity contribution in [2.24, 2.45) is 0 Å². The van der Waals surface area contributed by atoms with E-state index in [1.54, 1.807) is 0 Å². The van der Waals surface area contributed by atoms with Crippen LogP contribution in [0.1, 0.15) is 19.5 Å². The largest absolute Gasteiger partial charge is 0.486 e. The summed E-state index contributed by atoms with van der Waals surface area (Å²) in [6.45, 7) is 5.99. The van der Waals surface area contributed by atoms with Crippen molar-refractivity contribution in [3.8, 4) is 22.8 Å². The first kappa shape index (κ1) is 13.0. The summed E-state index contributed by atoms with van der Waals surface area (Å²) >= 11 is 0. The second-order valence-corrected chi connectivity index (χ2v) is 4.99. The van der Waals surface area contributed by atoms with Crippen LogP contribution in [0.5, 0.6) is 11.5 Å². The van der Waals surface area contributed by atoms with Gasteiger partial charge in [0, 0.05) is 12.6 Å². The standard InChI is InChI=1S/C15H18N2O3/c1-10(2)16-8-12-14(20-9-17-12)11-4-3-5-13-15(11)19-7-6-18-13/h3-5,9-10,16H,6-8H2,1-2H3. The fourth-order valence-corrected chi connectivity index (χ4v) is 2.17. The van der Waals surface area contributed by atoms with Crippen LogP contribution in [0.15, 0.2) is 29.0 Å². The molecule has 0 saturated heterocycles. The van der Waals surface area contributed by atoms with Gasteiger partial charge in [0.25, 0.3) is 0 Å². The van der Waals surface area contributed by atoms with Gasteiger partial charge in [0.15, 0.2) is 23.7 Å². The molecule has 2 aromatic rings. The first-order chi connectivity index (χ1) is 9.75. The molecule has 1 N–H and O–H groups in total. The van der Waals surface area contributed by atoms with Crippen LogP contribution in [0.2, 0.25) is 0 Å². The van der Waals surface area contributed by atoms with Gasteiger partial charge < -0.3 is 19.2 Å². The van der Waals surface area contributed by atoms with Crippen LogP contribution in [0.25, 0.3) is 11.3 Å². The number of aromatic nitrogens is 1. The number of hydrogen-bond donors (Lipinski definition) is 1. The van der Waals surface area contributed by atoms with Crippen LogP contribution in [0.3, 0.4) is 0 Å². The Bertz CT molecular complexity index is 593. The lowest BCUT2D eigenvalue weighted by Crippen LogP contribution is -2.22. The van der Waals surface area contributed by atoms with E-state index >= 15 is 0 Å². The summed E-state index contributed by atoms with van der Waals surface area (Å²) in [6.07, 6.45) is 1.47. The van der Waals surface area contributed by atoms with Crippen molar-refractivity contribution in [3.63, 3.8) is 0 Å². The molecule has 5 nitrogen and oxygen atoms in total. The number of para-hydroxylation sites is 1. The molecule has 1 aromatic heterocycles. The van der Waals surface area contributed by atoms with Gasteiger partial charge in [0.1, 0.15) is 18.9 Å². The molecule has 1 aliphatic rings. The molecule has 0 bridgehead atoms. The Kier molecular flexibility index (Phi) is 3.60. The van der Waals surface area contributed by atoms with E-state index in [0.29, 0.717) is 25.8 Å². The Labute approximate surface area is 117 Å². The van der Waals surface area contributed by atoms with Gasteiger partial charge in [0.2, 0.25) is 0 Å². The van der Waals surface area contributed by atoms with Gasteiger partial charge in [-0.1, -0.05) is 19.9 Å². The van der Waals surface area contributed by atoms with Crippen molar-refractivity contribution in [2.45, 2.75) is 26.4 Å². The fourth-order valence-electron chi connectivity index (χ4n) is 2.17. The molecule has 2 heterocycles. The molecule has 0 saturated carbocycles. The number of fused-ring (bicyclic) bond motifs is 1.